The molecule has 0 saturated carbocycles. The van der Waals surface area contributed by atoms with Crippen molar-refractivity contribution in [3.8, 4) is 0 Å². The van der Waals surface area contributed by atoms with Crippen LogP contribution in [0.25, 0.3) is 0 Å². The molecule has 1 aromatic rings. The highest BCUT2D eigenvalue weighted by Gasteiger charge is 2.52. The van der Waals surface area contributed by atoms with Crippen molar-refractivity contribution in [2.45, 2.75) is 65.0 Å². The Morgan fingerprint density at radius 3 is 2.34 bits per heavy atom. The number of rotatable bonds is 5. The van der Waals surface area contributed by atoms with Crippen LogP contribution >= 0.6 is 0 Å². The highest BCUT2D eigenvalue weighted by molar-refractivity contribution is 5.92. The van der Waals surface area contributed by atoms with Crippen LogP contribution in [0.1, 0.15) is 47.1 Å². The molecule has 176 valence electrons. The van der Waals surface area contributed by atoms with Gasteiger partial charge in [-0.25, -0.2) is 14.4 Å². The molecule has 0 radical (unpaired) electrons. The summed E-state index contributed by atoms with van der Waals surface area (Å²) in [7, 11) is 1.19. The van der Waals surface area contributed by atoms with E-state index in [2.05, 4.69) is 5.32 Å². The number of amides is 2. The van der Waals surface area contributed by atoms with Crippen molar-refractivity contribution < 1.29 is 33.3 Å². The fourth-order valence-electron chi connectivity index (χ4n) is 3.35. The molecule has 1 aromatic carbocycles. The van der Waals surface area contributed by atoms with Gasteiger partial charge in [0.1, 0.15) is 23.6 Å². The van der Waals surface area contributed by atoms with Crippen LogP contribution < -0.4 is 5.32 Å². The maximum Gasteiger partial charge on any atom is 0.413 e. The number of nitrogens with one attached hydrogen (secondary N) is 1. The smallest absolute Gasteiger partial charge is 0.413 e. The molecule has 2 rings (SSSR count). The Morgan fingerprint density at radius 2 is 1.78 bits per heavy atom. The first-order valence-corrected chi connectivity index (χ1v) is 10.2. The first-order valence-electron chi connectivity index (χ1n) is 10.2. The second-order valence-electron chi connectivity index (χ2n) is 9.14. The van der Waals surface area contributed by atoms with Gasteiger partial charge in [0, 0.05) is 0 Å². The number of alkyl carbamates (subject to hydrolysis) is 1. The molecule has 1 aliphatic heterocycles. The highest BCUT2D eigenvalue weighted by Crippen LogP contribution is 2.37. The van der Waals surface area contributed by atoms with E-state index >= 15 is 0 Å². The van der Waals surface area contributed by atoms with Gasteiger partial charge in [-0.15, -0.1) is 0 Å². The summed E-state index contributed by atoms with van der Waals surface area (Å²) in [6.45, 7) is 10.5. The van der Waals surface area contributed by atoms with Gasteiger partial charge in [0.15, 0.2) is 0 Å². The van der Waals surface area contributed by atoms with E-state index in [1.54, 1.807) is 41.5 Å². The largest absolute Gasteiger partial charge is 0.464 e. The molecule has 2 amide bonds. The van der Waals surface area contributed by atoms with Crippen molar-refractivity contribution in [1.82, 2.24) is 10.2 Å². The van der Waals surface area contributed by atoms with E-state index in [0.717, 1.165) is 5.56 Å². The average molecular weight is 449 g/mol. The Hall–Kier alpha value is -3.07. The number of ether oxygens (including phenoxy) is 4. The molecular weight excluding hydrogens is 416 g/mol. The number of carbonyl (C=O) groups excluding carboxylic acids is 3. The fourth-order valence-corrected chi connectivity index (χ4v) is 3.35. The van der Waals surface area contributed by atoms with Gasteiger partial charge in [0.05, 0.1) is 19.3 Å². The predicted molar refractivity (Wildman–Crippen MR) is 116 cm³/mol. The van der Waals surface area contributed by atoms with E-state index in [-0.39, 0.29) is 18.9 Å². The van der Waals surface area contributed by atoms with Gasteiger partial charge in [-0.3, -0.25) is 10.2 Å². The van der Waals surface area contributed by atoms with Crippen LogP contribution in [0.4, 0.5) is 9.59 Å². The lowest BCUT2D eigenvalue weighted by atomic mass is 9.99. The minimum atomic E-state index is -1.11. The topological polar surface area (TPSA) is 103 Å². The monoisotopic (exact) mass is 448 g/mol. The molecule has 0 aliphatic carbocycles. The van der Waals surface area contributed by atoms with E-state index in [9.17, 15) is 14.4 Å². The van der Waals surface area contributed by atoms with E-state index in [4.69, 9.17) is 18.9 Å². The average Bonchev–Trinajstić information content (AvgIpc) is 2.93. The summed E-state index contributed by atoms with van der Waals surface area (Å²) < 4.78 is 21.4. The summed E-state index contributed by atoms with van der Waals surface area (Å²) in [5, 5.41) is 2.42. The first kappa shape index (κ1) is 25.2. The molecule has 0 spiro atoms. The molecular formula is C23H32N2O7. The molecule has 1 aliphatic rings. The lowest BCUT2D eigenvalue weighted by Gasteiger charge is -2.39. The number of methoxy groups -OCH3 is 1. The molecule has 1 atom stereocenters. The maximum absolute atomic E-state index is 13.0. The van der Waals surface area contributed by atoms with E-state index in [0.29, 0.717) is 0 Å². The molecule has 32 heavy (non-hydrogen) atoms. The van der Waals surface area contributed by atoms with Crippen LogP contribution in [0.3, 0.4) is 0 Å². The normalized spacial score (nSPS) is 20.5. The number of nitrogens with zero attached hydrogens (tertiary/aromatic N) is 1. The van der Waals surface area contributed by atoms with Crippen molar-refractivity contribution in [1.29, 1.82) is 0 Å². The summed E-state index contributed by atoms with van der Waals surface area (Å²) in [4.78, 5) is 39.1. The molecule has 9 heteroatoms. The molecule has 0 unspecified atom stereocenters. The van der Waals surface area contributed by atoms with Crippen LogP contribution in [0.2, 0.25) is 0 Å². The Balaban J connectivity index is 2.26. The lowest BCUT2D eigenvalue weighted by Crippen LogP contribution is -2.55. The third-order valence-corrected chi connectivity index (χ3v) is 4.65. The van der Waals surface area contributed by atoms with E-state index < -0.39 is 35.0 Å². The highest BCUT2D eigenvalue weighted by atomic mass is 16.6. The van der Waals surface area contributed by atoms with Crippen molar-refractivity contribution in [2.24, 2.45) is 0 Å². The summed E-state index contributed by atoms with van der Waals surface area (Å²) in [5.74, 6) is -0.795. The Kier molecular flexibility index (Phi) is 7.56. The van der Waals surface area contributed by atoms with Gasteiger partial charge in [-0.05, 0) is 53.2 Å². The Bertz CT molecular complexity index is 874. The van der Waals surface area contributed by atoms with Gasteiger partial charge < -0.3 is 18.9 Å². The summed E-state index contributed by atoms with van der Waals surface area (Å²) in [5.41, 5.74) is -2.24. The summed E-state index contributed by atoms with van der Waals surface area (Å²) in [6, 6.07) is 9.11. The van der Waals surface area contributed by atoms with Crippen molar-refractivity contribution in [3.05, 3.63) is 47.7 Å². The van der Waals surface area contributed by atoms with Crippen LogP contribution in [-0.2, 0) is 30.3 Å². The maximum atomic E-state index is 13.0. The van der Waals surface area contributed by atoms with Gasteiger partial charge in [0.25, 0.3) is 0 Å². The number of benzene rings is 1. The number of esters is 1. The zero-order chi connectivity index (χ0) is 24.2. The van der Waals surface area contributed by atoms with Crippen LogP contribution in [0, 0.1) is 0 Å². The van der Waals surface area contributed by atoms with Crippen LogP contribution in [0.15, 0.2) is 42.1 Å². The zero-order valence-electron chi connectivity index (χ0n) is 19.7. The third-order valence-electron chi connectivity index (χ3n) is 4.65. The third kappa shape index (κ3) is 6.46. The molecule has 1 heterocycles. The van der Waals surface area contributed by atoms with E-state index in [1.165, 1.54) is 18.1 Å². The Morgan fingerprint density at radius 1 is 1.16 bits per heavy atom. The number of carbonyl (C=O) groups is 3. The van der Waals surface area contributed by atoms with Crippen LogP contribution in [-0.4, -0.2) is 53.6 Å². The van der Waals surface area contributed by atoms with E-state index in [1.807, 2.05) is 30.3 Å². The van der Waals surface area contributed by atoms with Crippen LogP contribution in [0.5, 0.6) is 0 Å². The molecule has 1 saturated heterocycles. The van der Waals surface area contributed by atoms with Crippen molar-refractivity contribution in [3.63, 3.8) is 0 Å². The first-order chi connectivity index (χ1) is 14.8. The van der Waals surface area contributed by atoms with Gasteiger partial charge >= 0.3 is 18.2 Å². The summed E-state index contributed by atoms with van der Waals surface area (Å²) in [6.07, 6.45) is -0.0351. The molecule has 0 aromatic heterocycles. The molecule has 0 bridgehead atoms. The minimum Gasteiger partial charge on any atom is -0.464 e. The SMILES string of the molecule is COC(=O)/C(=C\[C@@]1(C)COC(C)(C)N1C(=O)OC(C)(C)C)NC(=O)OCc1ccccc1. The van der Waals surface area contributed by atoms with Crippen molar-refractivity contribution >= 4 is 18.2 Å². The minimum absolute atomic E-state index is 0.0264. The lowest BCUT2D eigenvalue weighted by molar-refractivity contribution is -0.136. The van der Waals surface area contributed by atoms with Gasteiger partial charge in [-0.1, -0.05) is 30.3 Å². The quantitative estimate of drug-likeness (QED) is 0.416. The molecule has 1 N–H and O–H groups in total. The predicted octanol–water partition coefficient (Wildman–Crippen LogP) is 3.73. The zero-order valence-corrected chi connectivity index (χ0v) is 19.7. The van der Waals surface area contributed by atoms with Gasteiger partial charge in [0.2, 0.25) is 0 Å². The fraction of sp³-hybridized carbons (Fsp3) is 0.522. The molecule has 9 nitrogen and oxygen atoms in total. The Labute approximate surface area is 188 Å². The summed E-state index contributed by atoms with van der Waals surface area (Å²) >= 11 is 0. The van der Waals surface area contributed by atoms with Crippen molar-refractivity contribution in [2.75, 3.05) is 13.7 Å². The number of hydrogen-bond acceptors (Lipinski definition) is 7. The second kappa shape index (κ2) is 9.60. The molecule has 1 fully saturated rings. The van der Waals surface area contributed by atoms with Gasteiger partial charge in [-0.2, -0.15) is 0 Å². The number of hydrogen-bond donors (Lipinski definition) is 1. The standard InChI is InChI=1S/C23H32N2O7/c1-21(2,3)32-20(28)25-22(4,5)31-15-23(25,6)13-17(18(26)29-7)24-19(27)30-14-16-11-9-8-10-12-16/h8-13H,14-15H2,1-7H3,(H,24,27)/b17-13+/t23-/m0/s1. The second-order valence-corrected chi connectivity index (χ2v) is 9.14.